The highest BCUT2D eigenvalue weighted by molar-refractivity contribution is 5.89. The minimum Gasteiger partial charge on any atom is -0.480 e. The summed E-state index contributed by atoms with van der Waals surface area (Å²) in [6, 6.07) is 14.4. The van der Waals surface area contributed by atoms with E-state index in [9.17, 15) is 4.79 Å². The van der Waals surface area contributed by atoms with E-state index in [4.69, 9.17) is 4.74 Å². The van der Waals surface area contributed by atoms with E-state index in [2.05, 4.69) is 17.4 Å². The number of benzene rings is 2. The lowest BCUT2D eigenvalue weighted by atomic mass is 10.1. The number of amides is 1. The van der Waals surface area contributed by atoms with Crippen molar-refractivity contribution in [3.05, 3.63) is 42.5 Å². The summed E-state index contributed by atoms with van der Waals surface area (Å²) in [5.41, 5.74) is 0. The molecule has 1 aliphatic carbocycles. The molecule has 3 heteroatoms. The number of hydrogen-bond acceptors (Lipinski definition) is 2. The van der Waals surface area contributed by atoms with Crippen molar-refractivity contribution in [3.63, 3.8) is 0 Å². The lowest BCUT2D eigenvalue weighted by Crippen LogP contribution is -2.42. The van der Waals surface area contributed by atoms with Crippen LogP contribution in [0.4, 0.5) is 0 Å². The molecule has 3 nitrogen and oxygen atoms in total. The second-order valence-electron chi connectivity index (χ2n) is 5.98. The van der Waals surface area contributed by atoms with Gasteiger partial charge in [-0.25, -0.2) is 0 Å². The highest BCUT2D eigenvalue weighted by atomic mass is 16.5. The number of carbonyl (C=O) groups excluding carboxylic acids is 1. The summed E-state index contributed by atoms with van der Waals surface area (Å²) < 4.78 is 6.04. The molecule has 0 heterocycles. The normalized spacial score (nSPS) is 16.6. The van der Waals surface area contributed by atoms with Gasteiger partial charge in [0.1, 0.15) is 5.75 Å². The summed E-state index contributed by atoms with van der Waals surface area (Å²) in [6.45, 7) is 1.99. The molecule has 116 valence electrons. The Kier molecular flexibility index (Phi) is 4.62. The van der Waals surface area contributed by atoms with Crippen molar-refractivity contribution in [1.29, 1.82) is 0 Å². The maximum Gasteiger partial charge on any atom is 0.261 e. The van der Waals surface area contributed by atoms with E-state index >= 15 is 0 Å². The summed E-state index contributed by atoms with van der Waals surface area (Å²) in [5.74, 6) is 0.800. The Bertz CT molecular complexity index is 641. The minimum atomic E-state index is -0.425. The zero-order valence-corrected chi connectivity index (χ0v) is 13.0. The van der Waals surface area contributed by atoms with Gasteiger partial charge in [-0.2, -0.15) is 0 Å². The molecule has 0 radical (unpaired) electrons. The van der Waals surface area contributed by atoms with Gasteiger partial charge in [-0.1, -0.05) is 56.2 Å². The van der Waals surface area contributed by atoms with E-state index in [0.29, 0.717) is 12.5 Å². The number of fused-ring (bicyclic) bond motifs is 1. The van der Waals surface area contributed by atoms with Crippen LogP contribution in [-0.4, -0.2) is 18.1 Å². The van der Waals surface area contributed by atoms with Gasteiger partial charge in [-0.15, -0.1) is 0 Å². The molecule has 0 saturated heterocycles. The van der Waals surface area contributed by atoms with E-state index in [1.807, 2.05) is 37.3 Å². The fourth-order valence-electron chi connectivity index (χ4n) is 3.14. The molecule has 1 aliphatic rings. The molecule has 1 saturated carbocycles. The van der Waals surface area contributed by atoms with Crippen molar-refractivity contribution < 1.29 is 9.53 Å². The van der Waals surface area contributed by atoms with Crippen molar-refractivity contribution in [3.8, 4) is 5.75 Å². The van der Waals surface area contributed by atoms with Crippen LogP contribution in [0.15, 0.2) is 42.5 Å². The van der Waals surface area contributed by atoms with Crippen LogP contribution in [0.1, 0.15) is 39.0 Å². The molecule has 22 heavy (non-hydrogen) atoms. The topological polar surface area (TPSA) is 38.3 Å². The number of hydrogen-bond donors (Lipinski definition) is 1. The zero-order chi connectivity index (χ0) is 15.4. The van der Waals surface area contributed by atoms with Gasteiger partial charge in [-0.05, 0) is 30.7 Å². The van der Waals surface area contributed by atoms with E-state index < -0.39 is 6.10 Å². The Labute approximate surface area is 131 Å². The maximum absolute atomic E-state index is 12.4. The molecule has 1 N–H and O–H groups in total. The van der Waals surface area contributed by atoms with Crippen molar-refractivity contribution in [2.24, 2.45) is 0 Å². The van der Waals surface area contributed by atoms with Gasteiger partial charge in [0.25, 0.3) is 5.91 Å². The molecule has 3 rings (SSSR count). The summed E-state index contributed by atoms with van der Waals surface area (Å²) >= 11 is 0. The molecule has 2 aromatic carbocycles. The Morgan fingerprint density at radius 1 is 1.18 bits per heavy atom. The lowest BCUT2D eigenvalue weighted by Gasteiger charge is -2.21. The smallest absolute Gasteiger partial charge is 0.261 e. The third kappa shape index (κ3) is 3.24. The molecule has 1 amide bonds. The van der Waals surface area contributed by atoms with Crippen LogP contribution in [0.2, 0.25) is 0 Å². The van der Waals surface area contributed by atoms with Crippen molar-refractivity contribution in [2.45, 2.75) is 51.2 Å². The highest BCUT2D eigenvalue weighted by Crippen LogP contribution is 2.26. The van der Waals surface area contributed by atoms with Crippen LogP contribution in [0.5, 0.6) is 5.75 Å². The Morgan fingerprint density at radius 3 is 2.68 bits per heavy atom. The molecule has 1 fully saturated rings. The van der Waals surface area contributed by atoms with Crippen LogP contribution in [0, 0.1) is 0 Å². The van der Waals surface area contributed by atoms with Gasteiger partial charge >= 0.3 is 0 Å². The summed E-state index contributed by atoms with van der Waals surface area (Å²) in [4.78, 5) is 12.4. The number of nitrogens with one attached hydrogen (secondary N) is 1. The first kappa shape index (κ1) is 14.9. The summed E-state index contributed by atoms with van der Waals surface area (Å²) in [5, 5.41) is 5.32. The molecular formula is C19H23NO2. The number of carbonyl (C=O) groups is 1. The third-order valence-corrected chi connectivity index (χ3v) is 4.38. The SMILES string of the molecule is CCC(Oc1cccc2ccccc12)C(=O)NC1CCCC1. The molecule has 0 bridgehead atoms. The van der Waals surface area contributed by atoms with Crippen LogP contribution < -0.4 is 10.1 Å². The zero-order valence-electron chi connectivity index (χ0n) is 13.0. The standard InChI is InChI=1S/C19H23NO2/c1-2-17(19(21)20-15-10-4-5-11-15)22-18-13-7-9-14-8-3-6-12-16(14)18/h3,6-9,12-13,15,17H,2,4-5,10-11H2,1H3,(H,20,21). The van der Waals surface area contributed by atoms with Crippen molar-refractivity contribution in [2.75, 3.05) is 0 Å². The molecule has 1 unspecified atom stereocenters. The second-order valence-corrected chi connectivity index (χ2v) is 5.98. The summed E-state index contributed by atoms with van der Waals surface area (Å²) in [6.07, 6.45) is 4.86. The third-order valence-electron chi connectivity index (χ3n) is 4.38. The first-order chi connectivity index (χ1) is 10.8. The van der Waals surface area contributed by atoms with E-state index in [1.165, 1.54) is 12.8 Å². The highest BCUT2D eigenvalue weighted by Gasteiger charge is 2.24. The number of ether oxygens (including phenoxy) is 1. The van der Waals surface area contributed by atoms with Gasteiger partial charge in [0.05, 0.1) is 0 Å². The van der Waals surface area contributed by atoms with E-state index in [1.54, 1.807) is 0 Å². The van der Waals surface area contributed by atoms with Crippen molar-refractivity contribution in [1.82, 2.24) is 5.32 Å². The van der Waals surface area contributed by atoms with E-state index in [0.717, 1.165) is 29.4 Å². The first-order valence-corrected chi connectivity index (χ1v) is 8.22. The Balaban J connectivity index is 1.74. The fraction of sp³-hybridized carbons (Fsp3) is 0.421. The van der Waals surface area contributed by atoms with Crippen LogP contribution in [-0.2, 0) is 4.79 Å². The molecular weight excluding hydrogens is 274 g/mol. The predicted molar refractivity (Wildman–Crippen MR) is 89.1 cm³/mol. The van der Waals surface area contributed by atoms with Gasteiger partial charge < -0.3 is 10.1 Å². The fourth-order valence-corrected chi connectivity index (χ4v) is 3.14. The first-order valence-electron chi connectivity index (χ1n) is 8.22. The van der Waals surface area contributed by atoms with Gasteiger partial charge in [0.15, 0.2) is 6.10 Å². The second kappa shape index (κ2) is 6.82. The van der Waals surface area contributed by atoms with Crippen LogP contribution in [0.25, 0.3) is 10.8 Å². The average molecular weight is 297 g/mol. The van der Waals surface area contributed by atoms with Crippen molar-refractivity contribution >= 4 is 16.7 Å². The number of rotatable bonds is 5. The molecule has 0 aromatic heterocycles. The molecule has 1 atom stereocenters. The minimum absolute atomic E-state index is 0.0161. The molecule has 0 spiro atoms. The summed E-state index contributed by atoms with van der Waals surface area (Å²) in [7, 11) is 0. The van der Waals surface area contributed by atoms with Crippen LogP contribution in [0.3, 0.4) is 0 Å². The van der Waals surface area contributed by atoms with E-state index in [-0.39, 0.29) is 5.91 Å². The average Bonchev–Trinajstić information content (AvgIpc) is 3.05. The van der Waals surface area contributed by atoms with Crippen LogP contribution >= 0.6 is 0 Å². The maximum atomic E-state index is 12.4. The largest absolute Gasteiger partial charge is 0.480 e. The monoisotopic (exact) mass is 297 g/mol. The Hall–Kier alpha value is -2.03. The molecule has 0 aliphatic heterocycles. The lowest BCUT2D eigenvalue weighted by molar-refractivity contribution is -0.128. The molecule has 2 aromatic rings. The van der Waals surface area contributed by atoms with Gasteiger partial charge in [0.2, 0.25) is 0 Å². The predicted octanol–water partition coefficient (Wildman–Crippen LogP) is 4.06. The quantitative estimate of drug-likeness (QED) is 0.904. The van der Waals surface area contributed by atoms with Gasteiger partial charge in [0, 0.05) is 11.4 Å². The Morgan fingerprint density at radius 2 is 1.91 bits per heavy atom. The van der Waals surface area contributed by atoms with Gasteiger partial charge in [-0.3, -0.25) is 4.79 Å².